The van der Waals surface area contributed by atoms with Gasteiger partial charge in [0.1, 0.15) is 24.5 Å². The fourth-order valence-electron chi connectivity index (χ4n) is 6.38. The highest BCUT2D eigenvalue weighted by atomic mass is 16.5. The molecule has 1 N–H and O–H groups in total. The molecule has 2 aromatic rings. The highest BCUT2D eigenvalue weighted by Gasteiger charge is 2.27. The van der Waals surface area contributed by atoms with E-state index in [4.69, 9.17) is 19.2 Å². The maximum Gasteiger partial charge on any atom is 0.323 e. The van der Waals surface area contributed by atoms with E-state index >= 15 is 0 Å². The smallest absolute Gasteiger partial charge is 0.323 e. The van der Waals surface area contributed by atoms with Crippen LogP contribution in [0.4, 0.5) is 5.69 Å². The molecule has 5 rings (SSSR count). The predicted molar refractivity (Wildman–Crippen MR) is 160 cm³/mol. The average Bonchev–Trinajstić information content (AvgIpc) is 3.42. The van der Waals surface area contributed by atoms with Crippen molar-refractivity contribution < 1.29 is 19.0 Å². The minimum atomic E-state index is -0.354. The Labute approximate surface area is 243 Å². The Morgan fingerprint density at radius 3 is 2.68 bits per heavy atom. The summed E-state index contributed by atoms with van der Waals surface area (Å²) in [6.45, 7) is 6.40. The Kier molecular flexibility index (Phi) is 9.93. The van der Waals surface area contributed by atoms with E-state index in [0.29, 0.717) is 25.0 Å². The maximum absolute atomic E-state index is 12.4. The Balaban J connectivity index is 1.25. The van der Waals surface area contributed by atoms with Gasteiger partial charge in [-0.25, -0.2) is 0 Å². The maximum atomic E-state index is 12.4. The van der Waals surface area contributed by atoms with Crippen LogP contribution in [0.15, 0.2) is 40.2 Å². The van der Waals surface area contributed by atoms with Gasteiger partial charge in [-0.3, -0.25) is 14.6 Å². The Bertz CT molecular complexity index is 1260. The molecule has 1 saturated heterocycles. The molecule has 2 fully saturated rings. The third-order valence-electron chi connectivity index (χ3n) is 8.82. The van der Waals surface area contributed by atoms with E-state index in [1.807, 2.05) is 45.3 Å². The number of hydrogen-bond donors (Lipinski definition) is 1. The van der Waals surface area contributed by atoms with Crippen LogP contribution in [-0.2, 0) is 27.7 Å². The van der Waals surface area contributed by atoms with E-state index in [1.54, 1.807) is 4.57 Å². The van der Waals surface area contributed by atoms with Crippen LogP contribution >= 0.6 is 0 Å². The number of aliphatic imine (C=N–C) groups is 1. The van der Waals surface area contributed by atoms with E-state index < -0.39 is 0 Å². The molecule has 2 atom stereocenters. The largest absolute Gasteiger partial charge is 0.492 e. The predicted octanol–water partition coefficient (Wildman–Crippen LogP) is 5.04. The molecule has 0 radical (unpaired) electrons. The van der Waals surface area contributed by atoms with Gasteiger partial charge in [0.25, 0.3) is 5.56 Å². The molecule has 8 nitrogen and oxygen atoms in total. The summed E-state index contributed by atoms with van der Waals surface area (Å²) in [5.41, 5.74) is 5.01. The summed E-state index contributed by atoms with van der Waals surface area (Å²) in [6.07, 6.45) is 11.4. The second-order valence-corrected chi connectivity index (χ2v) is 12.0. The Morgan fingerprint density at radius 1 is 1.15 bits per heavy atom. The van der Waals surface area contributed by atoms with Gasteiger partial charge in [-0.15, -0.1) is 0 Å². The number of ether oxygens (including phenoxy) is 3. The summed E-state index contributed by atoms with van der Waals surface area (Å²) in [5, 5.41) is 3.23. The van der Waals surface area contributed by atoms with Gasteiger partial charge in [0, 0.05) is 50.0 Å². The number of rotatable bonds is 10. The number of nitrogens with zero attached hydrogens (tertiary/aromatic N) is 2. The van der Waals surface area contributed by atoms with Crippen molar-refractivity contribution in [2.75, 3.05) is 26.4 Å². The number of carbonyl (C=O) groups excluding carboxylic acids is 1. The summed E-state index contributed by atoms with van der Waals surface area (Å²) < 4.78 is 19.0. The molecule has 1 unspecified atom stereocenters. The molecule has 0 spiro atoms. The molecule has 1 aromatic heterocycles. The highest BCUT2D eigenvalue weighted by Crippen LogP contribution is 2.36. The summed E-state index contributed by atoms with van der Waals surface area (Å²) in [5.74, 6) is 1.56. The van der Waals surface area contributed by atoms with Gasteiger partial charge in [0.05, 0.1) is 11.4 Å². The van der Waals surface area contributed by atoms with Gasteiger partial charge in [0.15, 0.2) is 0 Å². The van der Waals surface area contributed by atoms with Crippen LogP contribution in [0.25, 0.3) is 0 Å². The normalized spacial score (nSPS) is 20.7. The number of nitrogens with one attached hydrogen (secondary N) is 1. The van der Waals surface area contributed by atoms with Gasteiger partial charge in [-0.05, 0) is 107 Å². The van der Waals surface area contributed by atoms with Crippen molar-refractivity contribution in [3.63, 3.8) is 0 Å². The summed E-state index contributed by atoms with van der Waals surface area (Å²) in [7, 11) is 1.81. The van der Waals surface area contributed by atoms with E-state index in [9.17, 15) is 9.59 Å². The standard InChI is InChI=1S/C33H45N3O5/c1-22-18-27(21-36(3)32(22)37)31-26(19-24-12-15-39-16-13-24)9-8-25-20-29(10-11-30(25)35-31)40-17-14-34-23(2)33(38)41-28-6-4-5-7-28/h10-11,18,20-21,23-24,26,28,34H,4-9,12-17,19H2,1-3H3/t23-,26?/m0/s1. The van der Waals surface area contributed by atoms with Crippen molar-refractivity contribution in [1.82, 2.24) is 9.88 Å². The lowest BCUT2D eigenvalue weighted by molar-refractivity contribution is -0.150. The van der Waals surface area contributed by atoms with Crippen LogP contribution in [0.3, 0.4) is 0 Å². The lowest BCUT2D eigenvalue weighted by Gasteiger charge is -2.27. The van der Waals surface area contributed by atoms with E-state index in [-0.39, 0.29) is 23.7 Å². The number of aryl methyl sites for hydroxylation is 3. The van der Waals surface area contributed by atoms with Crippen molar-refractivity contribution in [2.45, 2.75) is 83.8 Å². The van der Waals surface area contributed by atoms with E-state index in [0.717, 1.165) is 99.3 Å². The minimum absolute atomic E-state index is 0.0285. The second kappa shape index (κ2) is 13.8. The van der Waals surface area contributed by atoms with Gasteiger partial charge in [0.2, 0.25) is 0 Å². The lowest BCUT2D eigenvalue weighted by Crippen LogP contribution is -2.39. The first kappa shape index (κ1) is 29.5. The molecular weight excluding hydrogens is 518 g/mol. The Morgan fingerprint density at radius 2 is 1.93 bits per heavy atom. The van der Waals surface area contributed by atoms with Gasteiger partial charge in [-0.1, -0.05) is 0 Å². The van der Waals surface area contributed by atoms with Crippen molar-refractivity contribution in [1.29, 1.82) is 0 Å². The molecule has 2 aliphatic heterocycles. The summed E-state index contributed by atoms with van der Waals surface area (Å²) >= 11 is 0. The number of aromatic nitrogens is 1. The SMILES string of the molecule is Cc1cc(C2=Nc3ccc(OCCN[C@@H](C)C(=O)OC4CCCC4)cc3CCC2CC2CCOCC2)cn(C)c1=O. The molecule has 1 aliphatic carbocycles. The van der Waals surface area contributed by atoms with Crippen molar-refractivity contribution in [3.05, 3.63) is 57.5 Å². The fraction of sp³-hybridized carbons (Fsp3) is 0.606. The molecule has 1 saturated carbocycles. The zero-order valence-electron chi connectivity index (χ0n) is 24.8. The molecule has 1 aromatic carbocycles. The zero-order valence-corrected chi connectivity index (χ0v) is 24.8. The zero-order chi connectivity index (χ0) is 28.8. The highest BCUT2D eigenvalue weighted by molar-refractivity contribution is 6.04. The van der Waals surface area contributed by atoms with E-state index in [2.05, 4.69) is 11.4 Å². The fourth-order valence-corrected chi connectivity index (χ4v) is 6.38. The van der Waals surface area contributed by atoms with Crippen LogP contribution in [0.2, 0.25) is 0 Å². The molecule has 0 amide bonds. The third-order valence-corrected chi connectivity index (χ3v) is 8.82. The number of esters is 1. The first-order chi connectivity index (χ1) is 19.9. The quantitative estimate of drug-likeness (QED) is 0.322. The first-order valence-electron chi connectivity index (χ1n) is 15.4. The molecule has 3 heterocycles. The molecule has 41 heavy (non-hydrogen) atoms. The molecular formula is C33H45N3O5. The number of pyridine rings is 1. The van der Waals surface area contributed by atoms with Gasteiger partial charge < -0.3 is 24.1 Å². The minimum Gasteiger partial charge on any atom is -0.492 e. The third kappa shape index (κ3) is 7.66. The number of fused-ring (bicyclic) bond motifs is 1. The average molecular weight is 564 g/mol. The van der Waals surface area contributed by atoms with Crippen LogP contribution < -0.4 is 15.6 Å². The molecule has 3 aliphatic rings. The Hall–Kier alpha value is -2.97. The number of benzene rings is 1. The summed E-state index contributed by atoms with van der Waals surface area (Å²) in [4.78, 5) is 30.0. The molecule has 222 valence electrons. The van der Waals surface area contributed by atoms with Gasteiger partial charge >= 0.3 is 5.97 Å². The van der Waals surface area contributed by atoms with Gasteiger partial charge in [-0.2, -0.15) is 0 Å². The van der Waals surface area contributed by atoms with Crippen molar-refractivity contribution >= 4 is 17.4 Å². The lowest BCUT2D eigenvalue weighted by atomic mass is 9.82. The van der Waals surface area contributed by atoms with Crippen LogP contribution in [0, 0.1) is 18.8 Å². The summed E-state index contributed by atoms with van der Waals surface area (Å²) in [6, 6.07) is 7.77. The number of hydrogen-bond acceptors (Lipinski definition) is 7. The van der Waals surface area contributed by atoms with E-state index in [1.165, 1.54) is 5.56 Å². The van der Waals surface area contributed by atoms with Crippen molar-refractivity contribution in [2.24, 2.45) is 23.9 Å². The molecule has 0 bridgehead atoms. The number of carbonyl (C=O) groups is 1. The molecule has 8 heteroatoms. The second-order valence-electron chi connectivity index (χ2n) is 12.0. The monoisotopic (exact) mass is 563 g/mol. The topological polar surface area (TPSA) is 91.2 Å². The van der Waals surface area contributed by atoms with Crippen molar-refractivity contribution in [3.8, 4) is 5.75 Å². The van der Waals surface area contributed by atoms with Crippen LogP contribution in [0.1, 0.15) is 75.0 Å². The van der Waals surface area contributed by atoms with Crippen LogP contribution in [0.5, 0.6) is 5.75 Å². The van der Waals surface area contributed by atoms with Crippen LogP contribution in [-0.4, -0.2) is 54.8 Å². The first-order valence-corrected chi connectivity index (χ1v) is 15.4.